The number of hydrogen-bond donors (Lipinski definition) is 1. The molecule has 1 atom stereocenters. The van der Waals surface area contributed by atoms with Crippen LogP contribution < -0.4 is 4.52 Å². The lowest BCUT2D eigenvalue weighted by molar-refractivity contribution is 0.112. The van der Waals surface area contributed by atoms with E-state index in [0.717, 1.165) is 0 Å². The van der Waals surface area contributed by atoms with Crippen LogP contribution in [0.5, 0.6) is 5.75 Å². The van der Waals surface area contributed by atoms with Crippen molar-refractivity contribution in [2.75, 3.05) is 0 Å². The maximum atomic E-state index is 10.4. The zero-order valence-corrected chi connectivity index (χ0v) is 6.90. The first-order valence-corrected chi connectivity index (χ1v) is 4.25. The summed E-state index contributed by atoms with van der Waals surface area (Å²) in [6.45, 7) is 0. The van der Waals surface area contributed by atoms with Gasteiger partial charge in [-0.2, -0.15) is 0 Å². The minimum absolute atomic E-state index is 0.121. The molecular weight excluding hydrogens is 179 g/mol. The Morgan fingerprint density at radius 3 is 2.67 bits per heavy atom. The Kier molecular flexibility index (Phi) is 2.91. The first kappa shape index (κ1) is 8.84. The van der Waals surface area contributed by atoms with Crippen molar-refractivity contribution in [2.45, 2.75) is 0 Å². The Morgan fingerprint density at radius 2 is 2.08 bits per heavy atom. The Labute approximate surface area is 69.7 Å². The molecule has 0 aliphatic rings. The second-order valence-corrected chi connectivity index (χ2v) is 2.64. The lowest BCUT2D eigenvalue weighted by Gasteiger charge is -1.93. The highest BCUT2D eigenvalue weighted by molar-refractivity contribution is 7.32. The number of carbonyl (C=O) groups excluding carboxylic acids is 1. The molecule has 5 heteroatoms. The molecule has 4 nitrogen and oxygen atoms in total. The number of para-hydroxylation sites is 1. The van der Waals surface area contributed by atoms with Gasteiger partial charge in [-0.3, -0.25) is 4.79 Å². The van der Waals surface area contributed by atoms with Crippen molar-refractivity contribution in [3.63, 3.8) is 0 Å². The van der Waals surface area contributed by atoms with E-state index < -0.39 is 8.25 Å². The van der Waals surface area contributed by atoms with Gasteiger partial charge in [0.05, 0.1) is 5.56 Å². The minimum atomic E-state index is -2.71. The molecule has 1 rings (SSSR count). The van der Waals surface area contributed by atoms with Crippen molar-refractivity contribution in [3.05, 3.63) is 29.8 Å². The SMILES string of the molecule is O=Cc1ccccc1O[P+](=O)O. The van der Waals surface area contributed by atoms with Gasteiger partial charge in [-0.05, 0) is 12.1 Å². The van der Waals surface area contributed by atoms with Crippen LogP contribution in [-0.4, -0.2) is 11.2 Å². The van der Waals surface area contributed by atoms with E-state index in [4.69, 9.17) is 4.89 Å². The summed E-state index contributed by atoms with van der Waals surface area (Å²) in [7, 11) is -2.71. The van der Waals surface area contributed by atoms with E-state index in [1.165, 1.54) is 12.1 Å². The van der Waals surface area contributed by atoms with Gasteiger partial charge in [0, 0.05) is 4.57 Å². The molecule has 1 unspecified atom stereocenters. The molecule has 0 heterocycles. The van der Waals surface area contributed by atoms with Crippen molar-refractivity contribution >= 4 is 14.5 Å². The topological polar surface area (TPSA) is 63.6 Å². The minimum Gasteiger partial charge on any atom is -0.298 e. The number of carbonyl (C=O) groups is 1. The molecular formula is C7H6O4P+. The maximum absolute atomic E-state index is 10.4. The summed E-state index contributed by atoms with van der Waals surface area (Å²) < 4.78 is 14.7. The predicted octanol–water partition coefficient (Wildman–Crippen LogP) is 1.53. The second-order valence-electron chi connectivity index (χ2n) is 1.98. The summed E-state index contributed by atoms with van der Waals surface area (Å²) >= 11 is 0. The van der Waals surface area contributed by atoms with Crippen molar-refractivity contribution in [1.82, 2.24) is 0 Å². The fourth-order valence-corrected chi connectivity index (χ4v) is 1.08. The highest BCUT2D eigenvalue weighted by Crippen LogP contribution is 2.25. The van der Waals surface area contributed by atoms with E-state index in [0.29, 0.717) is 6.29 Å². The largest absolute Gasteiger partial charge is 0.747 e. The van der Waals surface area contributed by atoms with Crippen molar-refractivity contribution in [2.24, 2.45) is 0 Å². The van der Waals surface area contributed by atoms with Gasteiger partial charge >= 0.3 is 8.25 Å². The summed E-state index contributed by atoms with van der Waals surface area (Å²) in [4.78, 5) is 18.7. The first-order chi connectivity index (χ1) is 5.74. The Hall–Kier alpha value is -1.25. The molecule has 0 fully saturated rings. The highest BCUT2D eigenvalue weighted by Gasteiger charge is 2.16. The third kappa shape index (κ3) is 2.12. The summed E-state index contributed by atoms with van der Waals surface area (Å²) in [5, 5.41) is 0. The maximum Gasteiger partial charge on any atom is 0.747 e. The van der Waals surface area contributed by atoms with Gasteiger partial charge in [-0.25, -0.2) is 4.52 Å². The molecule has 0 saturated carbocycles. The molecule has 0 aliphatic carbocycles. The van der Waals surface area contributed by atoms with Crippen LogP contribution in [-0.2, 0) is 4.57 Å². The van der Waals surface area contributed by atoms with Gasteiger partial charge in [0.25, 0.3) is 0 Å². The fraction of sp³-hybridized carbons (Fsp3) is 0. The summed E-state index contributed by atoms with van der Waals surface area (Å²) in [6.07, 6.45) is 0.564. The molecule has 1 aromatic rings. The van der Waals surface area contributed by atoms with Crippen LogP contribution in [0.3, 0.4) is 0 Å². The molecule has 0 radical (unpaired) electrons. The van der Waals surface area contributed by atoms with Crippen molar-refractivity contribution in [3.8, 4) is 5.75 Å². The molecule has 12 heavy (non-hydrogen) atoms. The van der Waals surface area contributed by atoms with Crippen LogP contribution >= 0.6 is 8.25 Å². The van der Waals surface area contributed by atoms with Crippen molar-refractivity contribution < 1.29 is 18.8 Å². The van der Waals surface area contributed by atoms with Crippen LogP contribution in [0.2, 0.25) is 0 Å². The van der Waals surface area contributed by atoms with E-state index in [9.17, 15) is 9.36 Å². The van der Waals surface area contributed by atoms with Crippen LogP contribution in [0.4, 0.5) is 0 Å². The van der Waals surface area contributed by atoms with Gasteiger partial charge in [0.15, 0.2) is 6.29 Å². The lowest BCUT2D eigenvalue weighted by Crippen LogP contribution is -1.86. The zero-order valence-electron chi connectivity index (χ0n) is 6.01. The average Bonchev–Trinajstić information content (AvgIpc) is 2.04. The number of rotatable bonds is 3. The van der Waals surface area contributed by atoms with Gasteiger partial charge in [-0.1, -0.05) is 12.1 Å². The Bertz CT molecular complexity index is 310. The van der Waals surface area contributed by atoms with E-state index in [1.807, 2.05) is 0 Å². The number of hydrogen-bond acceptors (Lipinski definition) is 3. The van der Waals surface area contributed by atoms with E-state index >= 15 is 0 Å². The van der Waals surface area contributed by atoms with Crippen LogP contribution in [0.15, 0.2) is 24.3 Å². The third-order valence-electron chi connectivity index (χ3n) is 1.22. The molecule has 1 aromatic carbocycles. The predicted molar refractivity (Wildman–Crippen MR) is 42.3 cm³/mol. The van der Waals surface area contributed by atoms with Gasteiger partial charge in [0.1, 0.15) is 0 Å². The van der Waals surface area contributed by atoms with Gasteiger partial charge in [-0.15, -0.1) is 4.89 Å². The lowest BCUT2D eigenvalue weighted by atomic mass is 10.2. The van der Waals surface area contributed by atoms with Crippen molar-refractivity contribution in [1.29, 1.82) is 0 Å². The molecule has 62 valence electrons. The smallest absolute Gasteiger partial charge is 0.298 e. The Morgan fingerprint density at radius 1 is 1.42 bits per heavy atom. The van der Waals surface area contributed by atoms with E-state index in [2.05, 4.69) is 4.52 Å². The Balaban J connectivity index is 2.96. The molecule has 0 amide bonds. The van der Waals surface area contributed by atoms with Gasteiger partial charge in [0.2, 0.25) is 5.75 Å². The van der Waals surface area contributed by atoms with Crippen LogP contribution in [0, 0.1) is 0 Å². The number of aldehydes is 1. The second kappa shape index (κ2) is 3.95. The zero-order chi connectivity index (χ0) is 8.97. The molecule has 0 aliphatic heterocycles. The van der Waals surface area contributed by atoms with E-state index in [1.54, 1.807) is 12.1 Å². The van der Waals surface area contributed by atoms with Crippen LogP contribution in [0.25, 0.3) is 0 Å². The monoisotopic (exact) mass is 185 g/mol. The molecule has 0 bridgehead atoms. The molecule has 0 saturated heterocycles. The number of benzene rings is 1. The molecule has 0 aromatic heterocycles. The van der Waals surface area contributed by atoms with Crippen LogP contribution in [0.1, 0.15) is 10.4 Å². The molecule has 1 N–H and O–H groups in total. The van der Waals surface area contributed by atoms with Gasteiger partial charge < -0.3 is 0 Å². The normalized spacial score (nSPS) is 10.6. The summed E-state index contributed by atoms with van der Waals surface area (Å²) in [5.41, 5.74) is 0.259. The highest BCUT2D eigenvalue weighted by atomic mass is 31.1. The standard InChI is InChI=1S/C7H5O4P/c8-5-6-3-1-2-4-7(6)11-12(9)10/h1-5H/p+1. The fourth-order valence-electron chi connectivity index (χ4n) is 0.745. The average molecular weight is 185 g/mol. The summed E-state index contributed by atoms with van der Waals surface area (Å²) in [6, 6.07) is 6.20. The first-order valence-electron chi connectivity index (χ1n) is 3.12. The summed E-state index contributed by atoms with van der Waals surface area (Å²) in [5.74, 6) is 0.121. The quantitative estimate of drug-likeness (QED) is 0.572. The van der Waals surface area contributed by atoms with E-state index in [-0.39, 0.29) is 11.3 Å². The third-order valence-corrected chi connectivity index (χ3v) is 1.58. The molecule has 0 spiro atoms.